The average molecular weight is 536 g/mol. The van der Waals surface area contributed by atoms with E-state index in [4.69, 9.17) is 9.16 Å². The first kappa shape index (κ1) is 30.8. The van der Waals surface area contributed by atoms with E-state index in [1.165, 1.54) is 18.0 Å². The van der Waals surface area contributed by atoms with Crippen LogP contribution in [0.2, 0.25) is 18.1 Å². The summed E-state index contributed by atoms with van der Waals surface area (Å²) in [6, 6.07) is -0.471. The fraction of sp³-hybridized carbons (Fsp3) is 0.704. The number of Topliss-reactive ketones (excluding diaryl/α,β-unsaturated/α-hetero) is 1. The van der Waals surface area contributed by atoms with Crippen molar-refractivity contribution >= 4 is 32.0 Å². The van der Waals surface area contributed by atoms with E-state index in [1.54, 1.807) is 11.8 Å². The number of carbonyl (C=O) groups is 4. The zero-order valence-electron chi connectivity index (χ0n) is 23.8. The molecule has 0 aromatic carbocycles. The van der Waals surface area contributed by atoms with Gasteiger partial charge in [-0.25, -0.2) is 4.79 Å². The maximum atomic E-state index is 13.1. The minimum absolute atomic E-state index is 0.0252. The van der Waals surface area contributed by atoms with E-state index in [0.29, 0.717) is 12.1 Å². The molecule has 9 nitrogen and oxygen atoms in total. The summed E-state index contributed by atoms with van der Waals surface area (Å²) in [6.45, 7) is 18.5. The molecule has 2 aliphatic rings. The standard InChI is InChI=1S/C27H45N3O6Si/c1-10-14-35-26(34)29(7)17-23(32)30-13-11-12-20(30)15-18(2)22(31)16-21-24(25(33)28-21)19(3)36-37(8,9)27(4,5)6/h10,15,19-21,24H,1,11-14,16-17H2,2-9H3,(H,28,33)/t19-,20+,21-,24-/m1/s1. The van der Waals surface area contributed by atoms with Crippen LogP contribution in [0, 0.1) is 5.92 Å². The SMILES string of the molecule is C=CCOC(=O)N(C)CC(=O)N1CCC[C@H]1C=C(C)C(=O)C[C@H]1NC(=O)[C@@H]1[C@@H](C)O[Si](C)(C)C(C)(C)C. The number of allylic oxidation sites excluding steroid dienone is 1. The molecule has 0 spiro atoms. The fourth-order valence-electron chi connectivity index (χ4n) is 4.50. The highest BCUT2D eigenvalue weighted by molar-refractivity contribution is 6.74. The molecular weight excluding hydrogens is 490 g/mol. The monoisotopic (exact) mass is 535 g/mol. The number of ketones is 1. The first-order chi connectivity index (χ1) is 17.1. The number of carbonyl (C=O) groups excluding carboxylic acids is 4. The minimum atomic E-state index is -2.05. The Bertz CT molecular complexity index is 926. The Balaban J connectivity index is 1.98. The van der Waals surface area contributed by atoms with Crippen molar-refractivity contribution in [3.05, 3.63) is 24.3 Å². The van der Waals surface area contributed by atoms with Gasteiger partial charge >= 0.3 is 6.09 Å². The van der Waals surface area contributed by atoms with Gasteiger partial charge in [0.2, 0.25) is 11.8 Å². The quantitative estimate of drug-likeness (QED) is 0.187. The van der Waals surface area contributed by atoms with Crippen molar-refractivity contribution in [3.8, 4) is 0 Å². The molecule has 2 heterocycles. The Morgan fingerprint density at radius 2 is 1.95 bits per heavy atom. The van der Waals surface area contributed by atoms with Gasteiger partial charge in [-0.3, -0.25) is 14.4 Å². The number of nitrogens with one attached hydrogen (secondary N) is 1. The Morgan fingerprint density at radius 3 is 2.51 bits per heavy atom. The lowest BCUT2D eigenvalue weighted by atomic mass is 9.82. The molecule has 0 bridgehead atoms. The number of β-lactam (4-membered cyclic amide) rings is 1. The van der Waals surface area contributed by atoms with Crippen LogP contribution >= 0.6 is 0 Å². The highest BCUT2D eigenvalue weighted by atomic mass is 28.4. The van der Waals surface area contributed by atoms with Gasteiger partial charge < -0.3 is 24.3 Å². The number of amides is 3. The molecule has 2 aliphatic heterocycles. The molecule has 37 heavy (non-hydrogen) atoms. The molecule has 4 atom stereocenters. The molecule has 3 amide bonds. The lowest BCUT2D eigenvalue weighted by Crippen LogP contribution is -2.64. The lowest BCUT2D eigenvalue weighted by molar-refractivity contribution is -0.141. The van der Waals surface area contributed by atoms with Crippen molar-refractivity contribution in [2.75, 3.05) is 26.7 Å². The maximum Gasteiger partial charge on any atom is 0.410 e. The number of nitrogens with zero attached hydrogens (tertiary/aromatic N) is 2. The van der Waals surface area contributed by atoms with Crippen LogP contribution in [0.15, 0.2) is 24.3 Å². The Hall–Kier alpha value is -2.46. The van der Waals surface area contributed by atoms with Gasteiger partial charge in [0.1, 0.15) is 13.2 Å². The van der Waals surface area contributed by atoms with E-state index >= 15 is 0 Å². The Morgan fingerprint density at radius 1 is 1.30 bits per heavy atom. The summed E-state index contributed by atoms with van der Waals surface area (Å²) in [7, 11) is -0.542. The van der Waals surface area contributed by atoms with Crippen LogP contribution < -0.4 is 5.32 Å². The van der Waals surface area contributed by atoms with Gasteiger partial charge in [-0.05, 0) is 50.4 Å². The predicted octanol–water partition coefficient (Wildman–Crippen LogP) is 3.66. The number of likely N-dealkylation sites (N-methyl/N-ethyl adjacent to an activating group) is 1. The van der Waals surface area contributed by atoms with Crippen molar-refractivity contribution < 1.29 is 28.3 Å². The summed E-state index contributed by atoms with van der Waals surface area (Å²) in [5.74, 6) is -0.681. The third-order valence-corrected chi connectivity index (χ3v) is 12.3. The van der Waals surface area contributed by atoms with E-state index in [9.17, 15) is 19.2 Å². The predicted molar refractivity (Wildman–Crippen MR) is 145 cm³/mol. The summed E-state index contributed by atoms with van der Waals surface area (Å²) in [5, 5.41) is 2.91. The molecule has 0 aromatic rings. The van der Waals surface area contributed by atoms with Crippen LogP contribution in [0.3, 0.4) is 0 Å². The second-order valence-corrected chi connectivity index (χ2v) is 16.5. The van der Waals surface area contributed by atoms with Gasteiger partial charge in [-0.1, -0.05) is 39.5 Å². The molecule has 0 aliphatic carbocycles. The van der Waals surface area contributed by atoms with Crippen LogP contribution in [-0.2, 0) is 23.5 Å². The minimum Gasteiger partial charge on any atom is -0.445 e. The molecule has 208 valence electrons. The van der Waals surface area contributed by atoms with E-state index in [-0.39, 0.29) is 66.3 Å². The number of hydrogen-bond acceptors (Lipinski definition) is 6. The molecule has 0 unspecified atom stereocenters. The fourth-order valence-corrected chi connectivity index (χ4v) is 5.93. The Kier molecular flexibility index (Phi) is 10.3. The largest absolute Gasteiger partial charge is 0.445 e. The van der Waals surface area contributed by atoms with Crippen LogP contribution in [-0.4, -0.2) is 86.7 Å². The average Bonchev–Trinajstić information content (AvgIpc) is 3.23. The number of rotatable bonds is 11. The van der Waals surface area contributed by atoms with Gasteiger partial charge in [0.05, 0.1) is 24.1 Å². The van der Waals surface area contributed by atoms with Gasteiger partial charge in [0.15, 0.2) is 14.1 Å². The number of hydrogen-bond donors (Lipinski definition) is 1. The van der Waals surface area contributed by atoms with E-state index < -0.39 is 14.4 Å². The molecule has 10 heteroatoms. The highest BCUT2D eigenvalue weighted by Gasteiger charge is 2.48. The zero-order valence-corrected chi connectivity index (χ0v) is 24.8. The molecule has 1 N–H and O–H groups in total. The highest BCUT2D eigenvalue weighted by Crippen LogP contribution is 2.39. The van der Waals surface area contributed by atoms with E-state index in [1.807, 2.05) is 13.0 Å². The van der Waals surface area contributed by atoms with Gasteiger partial charge in [0, 0.05) is 20.0 Å². The van der Waals surface area contributed by atoms with Crippen molar-refractivity contribution in [3.63, 3.8) is 0 Å². The van der Waals surface area contributed by atoms with Crippen LogP contribution in [0.4, 0.5) is 4.79 Å². The third-order valence-electron chi connectivity index (χ3n) is 7.77. The molecular formula is C27H45N3O6Si. The van der Waals surface area contributed by atoms with Crippen LogP contribution in [0.25, 0.3) is 0 Å². The summed E-state index contributed by atoms with van der Waals surface area (Å²) < 4.78 is 11.4. The summed E-state index contributed by atoms with van der Waals surface area (Å²) in [6.07, 6.45) is 4.22. The molecule has 2 saturated heterocycles. The first-order valence-corrected chi connectivity index (χ1v) is 16.0. The molecule has 2 rings (SSSR count). The molecule has 0 aromatic heterocycles. The molecule has 0 saturated carbocycles. The summed E-state index contributed by atoms with van der Waals surface area (Å²) in [5.41, 5.74) is 0.571. The van der Waals surface area contributed by atoms with Crippen molar-refractivity contribution in [1.29, 1.82) is 0 Å². The number of likely N-dealkylation sites (tertiary alicyclic amines) is 1. The third kappa shape index (κ3) is 7.77. The molecule has 0 radical (unpaired) electrons. The first-order valence-electron chi connectivity index (χ1n) is 13.1. The topological polar surface area (TPSA) is 105 Å². The lowest BCUT2D eigenvalue weighted by Gasteiger charge is -2.45. The summed E-state index contributed by atoms with van der Waals surface area (Å²) in [4.78, 5) is 53.2. The van der Waals surface area contributed by atoms with Gasteiger partial charge in [0.25, 0.3) is 0 Å². The Labute approximate surface area is 222 Å². The molecule has 2 fully saturated rings. The second kappa shape index (κ2) is 12.4. The zero-order chi connectivity index (χ0) is 28.1. The van der Waals surface area contributed by atoms with Gasteiger partial charge in [-0.2, -0.15) is 0 Å². The van der Waals surface area contributed by atoms with Crippen LogP contribution in [0.5, 0.6) is 0 Å². The van der Waals surface area contributed by atoms with Crippen molar-refractivity contribution in [2.45, 2.75) is 90.2 Å². The second-order valence-electron chi connectivity index (χ2n) is 11.7. The van der Waals surface area contributed by atoms with Crippen molar-refractivity contribution in [2.24, 2.45) is 5.92 Å². The number of ether oxygens (including phenoxy) is 1. The van der Waals surface area contributed by atoms with E-state index in [2.05, 4.69) is 45.8 Å². The summed E-state index contributed by atoms with van der Waals surface area (Å²) >= 11 is 0. The smallest absolute Gasteiger partial charge is 0.410 e. The van der Waals surface area contributed by atoms with Crippen LogP contribution in [0.1, 0.15) is 53.9 Å². The normalized spacial score (nSPS) is 23.1. The van der Waals surface area contributed by atoms with Gasteiger partial charge in [-0.15, -0.1) is 0 Å². The van der Waals surface area contributed by atoms with Crippen molar-refractivity contribution in [1.82, 2.24) is 15.1 Å². The maximum absolute atomic E-state index is 13.1. The van der Waals surface area contributed by atoms with E-state index in [0.717, 1.165) is 12.8 Å².